The molecule has 3 atom stereocenters. The lowest BCUT2D eigenvalue weighted by Gasteiger charge is -2.33. The minimum Gasteiger partial charge on any atom is -0.448 e. The molecule has 15 heavy (non-hydrogen) atoms. The SMILES string of the molecule is O=C1C[C@@H]2C=C[C@@H](O2)[C@@H]1N1CCOC1=O. The van der Waals surface area contributed by atoms with E-state index in [2.05, 4.69) is 0 Å². The maximum Gasteiger partial charge on any atom is 0.410 e. The molecule has 3 aliphatic rings. The topological polar surface area (TPSA) is 55.8 Å². The number of nitrogens with zero attached hydrogens (tertiary/aromatic N) is 1. The first-order valence-electron chi connectivity index (χ1n) is 5.05. The highest BCUT2D eigenvalue weighted by Gasteiger charge is 2.45. The van der Waals surface area contributed by atoms with Gasteiger partial charge in [0.25, 0.3) is 0 Å². The highest BCUT2D eigenvalue weighted by molar-refractivity contribution is 5.90. The molecule has 0 aromatic carbocycles. The van der Waals surface area contributed by atoms with Gasteiger partial charge in [0, 0.05) is 6.42 Å². The van der Waals surface area contributed by atoms with Crippen LogP contribution in [0.3, 0.4) is 0 Å². The molecular formula is C10H11NO4. The average molecular weight is 209 g/mol. The Balaban J connectivity index is 1.87. The van der Waals surface area contributed by atoms with Gasteiger partial charge in [-0.15, -0.1) is 0 Å². The molecule has 0 aromatic heterocycles. The Bertz CT molecular complexity index is 351. The van der Waals surface area contributed by atoms with Gasteiger partial charge >= 0.3 is 6.09 Å². The number of carbonyl (C=O) groups is 2. The van der Waals surface area contributed by atoms with Crippen LogP contribution in [-0.4, -0.2) is 48.2 Å². The summed E-state index contributed by atoms with van der Waals surface area (Å²) in [5.74, 6) is 0.0695. The molecule has 3 aliphatic heterocycles. The Morgan fingerprint density at radius 1 is 1.33 bits per heavy atom. The third-order valence-corrected chi connectivity index (χ3v) is 3.02. The summed E-state index contributed by atoms with van der Waals surface area (Å²) in [5, 5.41) is 0. The van der Waals surface area contributed by atoms with Crippen molar-refractivity contribution in [1.29, 1.82) is 0 Å². The zero-order valence-electron chi connectivity index (χ0n) is 8.09. The van der Waals surface area contributed by atoms with Crippen LogP contribution in [0.15, 0.2) is 12.2 Å². The fourth-order valence-electron chi connectivity index (χ4n) is 2.33. The maximum atomic E-state index is 11.8. The smallest absolute Gasteiger partial charge is 0.410 e. The second kappa shape index (κ2) is 3.06. The summed E-state index contributed by atoms with van der Waals surface area (Å²) in [6, 6.07) is -0.477. The van der Waals surface area contributed by atoms with Crippen molar-refractivity contribution in [2.45, 2.75) is 24.7 Å². The van der Waals surface area contributed by atoms with Crippen molar-refractivity contribution in [2.24, 2.45) is 0 Å². The van der Waals surface area contributed by atoms with Crippen LogP contribution >= 0.6 is 0 Å². The molecule has 0 unspecified atom stereocenters. The number of rotatable bonds is 1. The molecule has 0 aliphatic carbocycles. The summed E-state index contributed by atoms with van der Waals surface area (Å²) in [6.07, 6.45) is 3.35. The summed E-state index contributed by atoms with van der Waals surface area (Å²) in [5.41, 5.74) is 0. The molecule has 5 heteroatoms. The Morgan fingerprint density at radius 2 is 2.20 bits per heavy atom. The number of carbonyl (C=O) groups excluding carboxylic acids is 2. The summed E-state index contributed by atoms with van der Waals surface area (Å²) < 4.78 is 10.4. The van der Waals surface area contributed by atoms with Crippen molar-refractivity contribution >= 4 is 11.9 Å². The third kappa shape index (κ3) is 1.26. The van der Waals surface area contributed by atoms with Gasteiger partial charge in [-0.1, -0.05) is 12.2 Å². The second-order valence-corrected chi connectivity index (χ2v) is 3.95. The zero-order chi connectivity index (χ0) is 10.4. The molecule has 2 saturated heterocycles. The number of Topliss-reactive ketones (excluding diaryl/α,β-unsaturated/α-hetero) is 1. The van der Waals surface area contributed by atoms with Gasteiger partial charge in [-0.25, -0.2) is 4.79 Å². The molecule has 80 valence electrons. The van der Waals surface area contributed by atoms with Crippen LogP contribution in [0.1, 0.15) is 6.42 Å². The predicted octanol–water partition coefficient (Wildman–Crippen LogP) is 0.104. The van der Waals surface area contributed by atoms with Crippen LogP contribution in [0.2, 0.25) is 0 Å². The van der Waals surface area contributed by atoms with E-state index in [0.29, 0.717) is 19.6 Å². The van der Waals surface area contributed by atoms with E-state index in [1.807, 2.05) is 12.2 Å². The zero-order valence-corrected chi connectivity index (χ0v) is 8.09. The minimum atomic E-state index is -0.477. The summed E-state index contributed by atoms with van der Waals surface area (Å²) in [4.78, 5) is 24.7. The van der Waals surface area contributed by atoms with E-state index in [1.54, 1.807) is 0 Å². The van der Waals surface area contributed by atoms with Gasteiger partial charge in [0.2, 0.25) is 0 Å². The molecule has 0 saturated carbocycles. The van der Waals surface area contributed by atoms with E-state index in [-0.39, 0.29) is 18.0 Å². The number of ether oxygens (including phenoxy) is 2. The molecular weight excluding hydrogens is 198 g/mol. The van der Waals surface area contributed by atoms with Gasteiger partial charge in [-0.05, 0) is 0 Å². The lowest BCUT2D eigenvalue weighted by Crippen LogP contribution is -2.52. The van der Waals surface area contributed by atoms with Gasteiger partial charge in [-0.2, -0.15) is 0 Å². The van der Waals surface area contributed by atoms with E-state index < -0.39 is 12.1 Å². The summed E-state index contributed by atoms with van der Waals surface area (Å²) in [7, 11) is 0. The van der Waals surface area contributed by atoms with Crippen LogP contribution in [0.4, 0.5) is 4.79 Å². The highest BCUT2D eigenvalue weighted by Crippen LogP contribution is 2.29. The van der Waals surface area contributed by atoms with Gasteiger partial charge in [0.1, 0.15) is 18.8 Å². The van der Waals surface area contributed by atoms with Gasteiger partial charge in [0.05, 0.1) is 12.6 Å². The number of ketones is 1. The van der Waals surface area contributed by atoms with Gasteiger partial charge in [-0.3, -0.25) is 9.69 Å². The minimum absolute atomic E-state index is 0.0695. The quantitative estimate of drug-likeness (QED) is 0.575. The van der Waals surface area contributed by atoms with Crippen LogP contribution < -0.4 is 0 Å². The van der Waals surface area contributed by atoms with Crippen molar-refractivity contribution in [3.8, 4) is 0 Å². The Hall–Kier alpha value is -1.36. The molecule has 0 radical (unpaired) electrons. The molecule has 5 nitrogen and oxygen atoms in total. The fourth-order valence-corrected chi connectivity index (χ4v) is 2.33. The van der Waals surface area contributed by atoms with Gasteiger partial charge < -0.3 is 9.47 Å². The average Bonchev–Trinajstić information content (AvgIpc) is 2.76. The van der Waals surface area contributed by atoms with Crippen molar-refractivity contribution in [3.63, 3.8) is 0 Å². The monoisotopic (exact) mass is 209 g/mol. The van der Waals surface area contributed by atoms with Crippen LogP contribution in [0.5, 0.6) is 0 Å². The summed E-state index contributed by atoms with van der Waals surface area (Å²) >= 11 is 0. The Labute approximate surface area is 86.6 Å². The normalized spacial score (nSPS) is 38.7. The number of hydrogen-bond acceptors (Lipinski definition) is 4. The molecule has 2 fully saturated rings. The van der Waals surface area contributed by atoms with E-state index in [0.717, 1.165) is 0 Å². The van der Waals surface area contributed by atoms with Crippen LogP contribution in [0.25, 0.3) is 0 Å². The fraction of sp³-hybridized carbons (Fsp3) is 0.600. The Kier molecular flexibility index (Phi) is 1.82. The molecule has 0 aromatic rings. The molecule has 2 bridgehead atoms. The standard InChI is InChI=1S/C10H11NO4/c12-7-5-6-1-2-8(15-6)9(7)11-3-4-14-10(11)13/h1-2,6,8-9H,3-5H2/t6-,8+,9+/m0/s1. The van der Waals surface area contributed by atoms with Crippen molar-refractivity contribution in [1.82, 2.24) is 4.90 Å². The molecule has 1 amide bonds. The third-order valence-electron chi connectivity index (χ3n) is 3.02. The van der Waals surface area contributed by atoms with E-state index >= 15 is 0 Å². The lowest BCUT2D eigenvalue weighted by atomic mass is 10.0. The number of fused-ring (bicyclic) bond motifs is 2. The van der Waals surface area contributed by atoms with Crippen molar-refractivity contribution in [3.05, 3.63) is 12.2 Å². The number of cyclic esters (lactones) is 1. The first-order chi connectivity index (χ1) is 7.25. The van der Waals surface area contributed by atoms with E-state index in [4.69, 9.17) is 9.47 Å². The lowest BCUT2D eigenvalue weighted by molar-refractivity contribution is -0.136. The van der Waals surface area contributed by atoms with Gasteiger partial charge in [0.15, 0.2) is 5.78 Å². The Morgan fingerprint density at radius 3 is 2.93 bits per heavy atom. The first-order valence-corrected chi connectivity index (χ1v) is 5.05. The van der Waals surface area contributed by atoms with Crippen molar-refractivity contribution in [2.75, 3.05) is 13.2 Å². The van der Waals surface area contributed by atoms with Crippen molar-refractivity contribution < 1.29 is 19.1 Å². The molecule has 3 rings (SSSR count). The summed E-state index contributed by atoms with van der Waals surface area (Å²) in [6.45, 7) is 0.843. The number of hydrogen-bond donors (Lipinski definition) is 0. The van der Waals surface area contributed by atoms with E-state index in [9.17, 15) is 9.59 Å². The largest absolute Gasteiger partial charge is 0.448 e. The first kappa shape index (κ1) is 8.91. The van der Waals surface area contributed by atoms with Crippen LogP contribution in [-0.2, 0) is 14.3 Å². The highest BCUT2D eigenvalue weighted by atomic mass is 16.6. The number of amides is 1. The molecule has 0 spiro atoms. The maximum absolute atomic E-state index is 11.8. The second-order valence-electron chi connectivity index (χ2n) is 3.95. The molecule has 3 heterocycles. The predicted molar refractivity (Wildman–Crippen MR) is 49.3 cm³/mol. The molecule has 0 N–H and O–H groups in total. The van der Waals surface area contributed by atoms with Crippen LogP contribution in [0, 0.1) is 0 Å². The van der Waals surface area contributed by atoms with E-state index in [1.165, 1.54) is 4.90 Å².